The first-order valence-corrected chi connectivity index (χ1v) is 14.7. The molecule has 1 aromatic rings. The largest absolute Gasteiger partial charge is 0.507 e. The number of fused-ring (bicyclic) bond motifs is 3. The minimum Gasteiger partial charge on any atom is -0.507 e. The summed E-state index contributed by atoms with van der Waals surface area (Å²) < 4.78 is 0. The summed E-state index contributed by atoms with van der Waals surface area (Å²) in [6, 6.07) is 1.94. The third kappa shape index (κ3) is 3.84. The Morgan fingerprint density at radius 1 is 1.07 bits per heavy atom. The van der Waals surface area contributed by atoms with Gasteiger partial charge in [0.05, 0.1) is 11.5 Å². The number of ketones is 5. The molecule has 6 atom stereocenters. The lowest BCUT2D eigenvalue weighted by Gasteiger charge is -2.62. The molecule has 0 amide bonds. The highest BCUT2D eigenvalue weighted by molar-refractivity contribution is 6.32. The molecule has 1 aromatic carbocycles. The summed E-state index contributed by atoms with van der Waals surface area (Å²) >= 11 is 0. The Bertz CT molecular complexity index is 1480. The van der Waals surface area contributed by atoms with Gasteiger partial charge in [0, 0.05) is 11.3 Å². The Labute approximate surface area is 241 Å². The summed E-state index contributed by atoms with van der Waals surface area (Å²) in [5.41, 5.74) is -2.14. The molecule has 7 heteroatoms. The fourth-order valence-electron chi connectivity index (χ4n) is 8.77. The lowest BCUT2D eigenvalue weighted by molar-refractivity contribution is -0.205. The third-order valence-electron chi connectivity index (χ3n) is 10.2. The van der Waals surface area contributed by atoms with Crippen LogP contribution in [0.15, 0.2) is 24.3 Å². The van der Waals surface area contributed by atoms with Crippen molar-refractivity contribution in [2.24, 2.45) is 40.4 Å². The van der Waals surface area contributed by atoms with Crippen molar-refractivity contribution < 1.29 is 34.2 Å². The predicted octanol–water partition coefficient (Wildman–Crippen LogP) is 4.63. The number of allylic oxidation sites excluding steroid dienone is 4. The Morgan fingerprint density at radius 3 is 2.27 bits per heavy atom. The Morgan fingerprint density at radius 2 is 1.73 bits per heavy atom. The molecule has 0 spiro atoms. The number of rotatable bonds is 5. The van der Waals surface area contributed by atoms with Gasteiger partial charge in [0.25, 0.3) is 0 Å². The Kier molecular flexibility index (Phi) is 6.73. The van der Waals surface area contributed by atoms with Gasteiger partial charge in [-0.2, -0.15) is 0 Å². The fourth-order valence-corrected chi connectivity index (χ4v) is 8.77. The molecule has 4 aliphatic carbocycles. The zero-order valence-electron chi connectivity index (χ0n) is 25.0. The first-order valence-electron chi connectivity index (χ1n) is 14.7. The molecule has 4 aliphatic rings. The molecule has 0 bridgehead atoms. The molecular weight excluding hydrogens is 520 g/mol. The van der Waals surface area contributed by atoms with E-state index in [1.54, 1.807) is 20.8 Å². The number of aromatic hydroxyl groups is 1. The summed E-state index contributed by atoms with van der Waals surface area (Å²) in [5.74, 6) is -8.45. The molecule has 0 saturated heterocycles. The van der Waals surface area contributed by atoms with E-state index in [0.717, 1.165) is 24.5 Å². The lowest BCUT2D eigenvalue weighted by Crippen LogP contribution is -2.76. The van der Waals surface area contributed by atoms with Crippen molar-refractivity contribution >= 4 is 34.5 Å². The standard InChI is InChI=1S/C34H40O7/c1-16(2)12-20-13-21(19-10-8-9-11-19)22-14-32(6)15-33(7)25(17(3)4)28(37)23(18(5)35)30(39)34(33,41)31(40)26(32)29(38)24(22)27(20)36/h8,10-11,13,16-17,23,25-26,36,41H,9,12,14-15H2,1-7H3/t23?,25?,26?,32-,33-,34+/m1/s1. The van der Waals surface area contributed by atoms with E-state index in [1.807, 2.05) is 39.0 Å². The molecule has 218 valence electrons. The van der Waals surface area contributed by atoms with Crippen molar-refractivity contribution in [3.05, 3.63) is 46.5 Å². The van der Waals surface area contributed by atoms with Crippen LogP contribution in [-0.4, -0.2) is 44.7 Å². The van der Waals surface area contributed by atoms with E-state index in [-0.39, 0.29) is 36.0 Å². The summed E-state index contributed by atoms with van der Waals surface area (Å²) in [7, 11) is 0. The van der Waals surface area contributed by atoms with Crippen LogP contribution in [0.4, 0.5) is 0 Å². The van der Waals surface area contributed by atoms with Gasteiger partial charge in [0.1, 0.15) is 17.5 Å². The number of phenolic OH excluding ortho intramolecular Hbond substituents is 1. The number of carbonyl (C=O) groups is 5. The highest BCUT2D eigenvalue weighted by atomic mass is 16.3. The maximum atomic E-state index is 14.5. The molecule has 2 N–H and O–H groups in total. The van der Waals surface area contributed by atoms with Crippen LogP contribution in [0.3, 0.4) is 0 Å². The average molecular weight is 561 g/mol. The van der Waals surface area contributed by atoms with Gasteiger partial charge in [-0.15, -0.1) is 0 Å². The van der Waals surface area contributed by atoms with E-state index < -0.39 is 63.1 Å². The van der Waals surface area contributed by atoms with Gasteiger partial charge in [-0.25, -0.2) is 0 Å². The highest BCUT2D eigenvalue weighted by Crippen LogP contribution is 2.64. The second kappa shape index (κ2) is 9.41. The second-order valence-corrected chi connectivity index (χ2v) is 14.0. The quantitative estimate of drug-likeness (QED) is 0.503. The number of hydrogen-bond acceptors (Lipinski definition) is 7. The normalized spacial score (nSPS) is 34.6. The molecule has 0 heterocycles. The highest BCUT2D eigenvalue weighted by Gasteiger charge is 2.76. The fraction of sp³-hybridized carbons (Fsp3) is 0.559. The zero-order chi connectivity index (χ0) is 30.4. The summed E-state index contributed by atoms with van der Waals surface area (Å²) in [4.78, 5) is 69.0. The molecule has 0 aliphatic heterocycles. The monoisotopic (exact) mass is 560 g/mol. The van der Waals surface area contributed by atoms with Gasteiger partial charge >= 0.3 is 0 Å². The van der Waals surface area contributed by atoms with Gasteiger partial charge in [0.15, 0.2) is 28.7 Å². The maximum Gasteiger partial charge on any atom is 0.190 e. The van der Waals surface area contributed by atoms with Crippen molar-refractivity contribution in [2.45, 2.75) is 79.8 Å². The second-order valence-electron chi connectivity index (χ2n) is 14.0. The molecule has 3 unspecified atom stereocenters. The number of phenols is 1. The predicted molar refractivity (Wildman–Crippen MR) is 153 cm³/mol. The Hall–Kier alpha value is -3.19. The lowest BCUT2D eigenvalue weighted by atomic mass is 9.39. The third-order valence-corrected chi connectivity index (χ3v) is 10.2. The van der Waals surface area contributed by atoms with Crippen LogP contribution in [0.1, 0.15) is 88.4 Å². The smallest absolute Gasteiger partial charge is 0.190 e. The SMILES string of the molecule is CC(=O)C1C(=O)C(C(C)C)[C@@]2(C)C[C@@]3(C)Cc4c(C5=CCC=C5)cc(CC(C)C)c(O)c4C(=O)C3C(=O)[C@@]2(O)C1=O. The van der Waals surface area contributed by atoms with Crippen molar-refractivity contribution in [3.63, 3.8) is 0 Å². The molecule has 0 aromatic heterocycles. The topological polar surface area (TPSA) is 126 Å². The first kappa shape index (κ1) is 29.3. The van der Waals surface area contributed by atoms with Gasteiger partial charge < -0.3 is 10.2 Å². The van der Waals surface area contributed by atoms with Crippen LogP contribution in [-0.2, 0) is 32.0 Å². The van der Waals surface area contributed by atoms with Crippen LogP contribution >= 0.6 is 0 Å². The number of hydrogen-bond donors (Lipinski definition) is 2. The minimum atomic E-state index is -2.69. The van der Waals surface area contributed by atoms with E-state index in [1.165, 1.54) is 0 Å². The summed E-state index contributed by atoms with van der Waals surface area (Å²) in [5, 5.41) is 23.7. The Balaban J connectivity index is 1.76. The zero-order valence-corrected chi connectivity index (χ0v) is 25.0. The molecule has 41 heavy (non-hydrogen) atoms. The van der Waals surface area contributed by atoms with Crippen LogP contribution < -0.4 is 0 Å². The van der Waals surface area contributed by atoms with Crippen LogP contribution in [0.2, 0.25) is 0 Å². The van der Waals surface area contributed by atoms with Crippen LogP contribution in [0, 0.1) is 40.4 Å². The molecule has 2 saturated carbocycles. The number of aliphatic hydroxyl groups is 1. The van der Waals surface area contributed by atoms with Gasteiger partial charge in [0.2, 0.25) is 0 Å². The van der Waals surface area contributed by atoms with Crippen molar-refractivity contribution in [2.75, 3.05) is 0 Å². The van der Waals surface area contributed by atoms with Crippen molar-refractivity contribution in [1.29, 1.82) is 0 Å². The van der Waals surface area contributed by atoms with Crippen molar-refractivity contribution in [1.82, 2.24) is 0 Å². The van der Waals surface area contributed by atoms with Crippen LogP contribution in [0.5, 0.6) is 5.75 Å². The van der Waals surface area contributed by atoms with Gasteiger partial charge in [-0.05, 0) is 78.2 Å². The number of carbonyl (C=O) groups excluding carboxylic acids is 5. The van der Waals surface area contributed by atoms with E-state index in [0.29, 0.717) is 17.5 Å². The molecule has 7 nitrogen and oxygen atoms in total. The molecular formula is C34H40O7. The van der Waals surface area contributed by atoms with E-state index in [9.17, 15) is 34.2 Å². The molecule has 5 rings (SSSR count). The number of Topliss-reactive ketones (excluding diaryl/α,β-unsaturated/α-hetero) is 5. The summed E-state index contributed by atoms with van der Waals surface area (Å²) in [6.07, 6.45) is 7.64. The van der Waals surface area contributed by atoms with Gasteiger partial charge in [-0.1, -0.05) is 59.8 Å². The average Bonchev–Trinajstić information content (AvgIpc) is 3.37. The molecule has 0 radical (unpaired) electrons. The molecule has 2 fully saturated rings. The van der Waals surface area contributed by atoms with Crippen LogP contribution in [0.25, 0.3) is 5.57 Å². The van der Waals surface area contributed by atoms with E-state index in [2.05, 4.69) is 6.08 Å². The summed E-state index contributed by atoms with van der Waals surface area (Å²) in [6.45, 7) is 12.1. The van der Waals surface area contributed by atoms with E-state index in [4.69, 9.17) is 0 Å². The van der Waals surface area contributed by atoms with Crippen molar-refractivity contribution in [3.8, 4) is 5.75 Å². The first-order chi connectivity index (χ1) is 19.0. The van der Waals surface area contributed by atoms with Gasteiger partial charge in [-0.3, -0.25) is 24.0 Å². The number of benzene rings is 1. The minimum absolute atomic E-state index is 0.0475. The van der Waals surface area contributed by atoms with E-state index >= 15 is 0 Å². The maximum absolute atomic E-state index is 14.5.